The van der Waals surface area contributed by atoms with E-state index in [9.17, 15) is 0 Å². The van der Waals surface area contributed by atoms with Gasteiger partial charge in [-0.25, -0.2) is 0 Å². The number of rotatable bonds is 2. The summed E-state index contributed by atoms with van der Waals surface area (Å²) < 4.78 is 0. The number of hydrogen-bond donors (Lipinski definition) is 0. The van der Waals surface area contributed by atoms with Gasteiger partial charge >= 0.3 is 0 Å². The lowest BCUT2D eigenvalue weighted by molar-refractivity contribution is 0.650. The molecule has 4 nitrogen and oxygen atoms in total. The second kappa shape index (κ2) is 5.12. The van der Waals surface area contributed by atoms with Crippen LogP contribution >= 0.6 is 22.9 Å². The monoisotopic (exact) mass is 280 g/mol. The van der Waals surface area contributed by atoms with E-state index >= 15 is 0 Å². The van der Waals surface area contributed by atoms with Crippen molar-refractivity contribution in [1.82, 2.24) is 10.2 Å². The fourth-order valence-electron chi connectivity index (χ4n) is 2.13. The smallest absolute Gasteiger partial charge is 0.208 e. The molecule has 0 aliphatic carbocycles. The van der Waals surface area contributed by atoms with E-state index in [4.69, 9.17) is 11.6 Å². The SMILES string of the molecule is Clc1cccc(N2CCN(c3nncs3)CC2)c1. The first kappa shape index (κ1) is 11.7. The van der Waals surface area contributed by atoms with Gasteiger partial charge in [-0.05, 0) is 18.2 Å². The maximum atomic E-state index is 6.02. The van der Waals surface area contributed by atoms with E-state index in [2.05, 4.69) is 26.1 Å². The van der Waals surface area contributed by atoms with E-state index in [-0.39, 0.29) is 0 Å². The van der Waals surface area contributed by atoms with Crippen LogP contribution in [0.3, 0.4) is 0 Å². The third kappa shape index (κ3) is 2.42. The molecule has 1 aromatic heterocycles. The number of benzene rings is 1. The van der Waals surface area contributed by atoms with Crippen LogP contribution in [-0.4, -0.2) is 36.4 Å². The van der Waals surface area contributed by atoms with Crippen molar-refractivity contribution in [1.29, 1.82) is 0 Å². The molecule has 0 unspecified atom stereocenters. The van der Waals surface area contributed by atoms with Gasteiger partial charge in [0.25, 0.3) is 0 Å². The quantitative estimate of drug-likeness (QED) is 0.846. The molecule has 0 saturated carbocycles. The van der Waals surface area contributed by atoms with Crippen LogP contribution in [0.15, 0.2) is 29.8 Å². The lowest BCUT2D eigenvalue weighted by Crippen LogP contribution is -2.46. The Morgan fingerprint density at radius 1 is 1.11 bits per heavy atom. The fourth-order valence-corrected chi connectivity index (χ4v) is 2.93. The maximum Gasteiger partial charge on any atom is 0.208 e. The number of hydrogen-bond acceptors (Lipinski definition) is 5. The van der Waals surface area contributed by atoms with E-state index < -0.39 is 0 Å². The summed E-state index contributed by atoms with van der Waals surface area (Å²) in [5.41, 5.74) is 2.97. The predicted molar refractivity (Wildman–Crippen MR) is 75.8 cm³/mol. The minimum atomic E-state index is 0.791. The van der Waals surface area contributed by atoms with E-state index in [1.807, 2.05) is 18.2 Å². The minimum Gasteiger partial charge on any atom is -0.368 e. The Balaban J connectivity index is 1.67. The van der Waals surface area contributed by atoms with E-state index in [1.165, 1.54) is 5.69 Å². The number of aromatic nitrogens is 2. The molecule has 6 heteroatoms. The van der Waals surface area contributed by atoms with Crippen LogP contribution in [0.4, 0.5) is 10.8 Å². The predicted octanol–water partition coefficient (Wildman–Crippen LogP) is 2.52. The lowest BCUT2D eigenvalue weighted by atomic mass is 10.2. The van der Waals surface area contributed by atoms with Crippen molar-refractivity contribution < 1.29 is 0 Å². The fraction of sp³-hybridized carbons (Fsp3) is 0.333. The van der Waals surface area contributed by atoms with Gasteiger partial charge in [0.1, 0.15) is 5.51 Å². The Morgan fingerprint density at radius 3 is 2.56 bits per heavy atom. The molecule has 1 aromatic carbocycles. The molecule has 3 rings (SSSR count). The molecular weight excluding hydrogens is 268 g/mol. The van der Waals surface area contributed by atoms with Crippen molar-refractivity contribution in [2.75, 3.05) is 36.0 Å². The largest absolute Gasteiger partial charge is 0.368 e. The summed E-state index contributed by atoms with van der Waals surface area (Å²) in [6.45, 7) is 3.92. The summed E-state index contributed by atoms with van der Waals surface area (Å²) in [6.07, 6.45) is 0. The van der Waals surface area contributed by atoms with Gasteiger partial charge in [-0.15, -0.1) is 10.2 Å². The molecule has 0 spiro atoms. The third-order valence-corrected chi connectivity index (χ3v) is 4.06. The van der Waals surface area contributed by atoms with Gasteiger partial charge in [-0.2, -0.15) is 0 Å². The van der Waals surface area contributed by atoms with Crippen LogP contribution in [-0.2, 0) is 0 Å². The zero-order valence-electron chi connectivity index (χ0n) is 9.79. The van der Waals surface area contributed by atoms with Gasteiger partial charge in [-0.3, -0.25) is 0 Å². The third-order valence-electron chi connectivity index (χ3n) is 3.07. The summed E-state index contributed by atoms with van der Waals surface area (Å²) in [4.78, 5) is 4.63. The molecule has 1 aliphatic heterocycles. The maximum absolute atomic E-state index is 6.02. The van der Waals surface area contributed by atoms with Crippen molar-refractivity contribution >= 4 is 33.8 Å². The van der Waals surface area contributed by atoms with Crippen LogP contribution in [0.25, 0.3) is 0 Å². The van der Waals surface area contributed by atoms with Gasteiger partial charge < -0.3 is 9.80 Å². The normalized spacial score (nSPS) is 16.1. The van der Waals surface area contributed by atoms with Gasteiger partial charge in [0, 0.05) is 36.9 Å². The number of anilines is 2. The van der Waals surface area contributed by atoms with Crippen molar-refractivity contribution in [2.45, 2.75) is 0 Å². The Hall–Kier alpha value is -1.33. The molecule has 0 N–H and O–H groups in total. The van der Waals surface area contributed by atoms with Gasteiger partial charge in [0.05, 0.1) is 0 Å². The van der Waals surface area contributed by atoms with E-state index in [0.29, 0.717) is 0 Å². The molecular formula is C12H13ClN4S. The molecule has 2 heterocycles. The van der Waals surface area contributed by atoms with Crippen molar-refractivity contribution in [3.8, 4) is 0 Å². The molecule has 1 aliphatic rings. The van der Waals surface area contributed by atoms with Crippen LogP contribution in [0.5, 0.6) is 0 Å². The number of halogens is 1. The second-order valence-corrected chi connectivity index (χ2v) is 5.42. The molecule has 1 fully saturated rings. The van der Waals surface area contributed by atoms with Crippen LogP contribution < -0.4 is 9.80 Å². The van der Waals surface area contributed by atoms with Crippen molar-refractivity contribution in [3.63, 3.8) is 0 Å². The Kier molecular flexibility index (Phi) is 3.34. The Bertz CT molecular complexity index is 509. The summed E-state index contributed by atoms with van der Waals surface area (Å²) in [5, 5.41) is 9.79. The number of piperazine rings is 1. The summed E-state index contributed by atoms with van der Waals surface area (Å²) >= 11 is 7.61. The Labute approximate surface area is 115 Å². The first-order valence-electron chi connectivity index (χ1n) is 5.84. The molecule has 94 valence electrons. The summed E-state index contributed by atoms with van der Waals surface area (Å²) in [7, 11) is 0. The highest BCUT2D eigenvalue weighted by atomic mass is 35.5. The van der Waals surface area contributed by atoms with Crippen LogP contribution in [0.2, 0.25) is 5.02 Å². The summed E-state index contributed by atoms with van der Waals surface area (Å²) in [5.74, 6) is 0. The van der Waals surface area contributed by atoms with Gasteiger partial charge in [0.2, 0.25) is 5.13 Å². The topological polar surface area (TPSA) is 32.3 Å². The lowest BCUT2D eigenvalue weighted by Gasteiger charge is -2.35. The minimum absolute atomic E-state index is 0.791. The van der Waals surface area contributed by atoms with Gasteiger partial charge in [-0.1, -0.05) is 29.0 Å². The molecule has 18 heavy (non-hydrogen) atoms. The summed E-state index contributed by atoms with van der Waals surface area (Å²) in [6, 6.07) is 8.02. The van der Waals surface area contributed by atoms with Gasteiger partial charge in [0.15, 0.2) is 0 Å². The van der Waals surface area contributed by atoms with Crippen molar-refractivity contribution in [3.05, 3.63) is 34.8 Å². The highest BCUT2D eigenvalue weighted by Gasteiger charge is 2.19. The average molecular weight is 281 g/mol. The molecule has 0 amide bonds. The van der Waals surface area contributed by atoms with E-state index in [0.717, 1.165) is 36.3 Å². The van der Waals surface area contributed by atoms with Crippen molar-refractivity contribution in [2.24, 2.45) is 0 Å². The number of nitrogens with zero attached hydrogens (tertiary/aromatic N) is 4. The van der Waals surface area contributed by atoms with E-state index in [1.54, 1.807) is 16.8 Å². The standard InChI is InChI=1S/C12H13ClN4S/c13-10-2-1-3-11(8-10)16-4-6-17(7-5-16)12-15-14-9-18-12/h1-3,8-9H,4-7H2. The first-order chi connectivity index (χ1) is 8.83. The zero-order valence-corrected chi connectivity index (χ0v) is 11.4. The molecule has 2 aromatic rings. The molecule has 0 bridgehead atoms. The molecule has 1 saturated heterocycles. The first-order valence-corrected chi connectivity index (χ1v) is 7.10. The van der Waals surface area contributed by atoms with Crippen LogP contribution in [0, 0.1) is 0 Å². The highest BCUT2D eigenvalue weighted by Crippen LogP contribution is 2.23. The Morgan fingerprint density at radius 2 is 1.89 bits per heavy atom. The average Bonchev–Trinajstić information content (AvgIpc) is 2.93. The highest BCUT2D eigenvalue weighted by molar-refractivity contribution is 7.13. The zero-order chi connectivity index (χ0) is 12.4. The molecule has 0 radical (unpaired) electrons. The second-order valence-electron chi connectivity index (χ2n) is 4.18. The molecule has 0 atom stereocenters. The van der Waals surface area contributed by atoms with Crippen LogP contribution in [0.1, 0.15) is 0 Å².